The van der Waals surface area contributed by atoms with Crippen LogP contribution in [0.3, 0.4) is 0 Å². The lowest BCUT2D eigenvalue weighted by Crippen LogP contribution is -2.62. The standard InChI is InChI=1S/C32H41FN6O3/c1-22-16-36(26(18-37-17-25(33)15-35-37)19-38(22)30(41)42-31(2,3)4)20-28(40)39-21-32(5,6)29-27(39)13-24(14-34-29)12-23-10-8-7-9-11-23/h7-11,13-15,17,22,26H,12,16,18-21H2,1-6H3/t22-,26+/m1/s1. The van der Waals surface area contributed by atoms with Crippen molar-refractivity contribution in [3.8, 4) is 0 Å². The summed E-state index contributed by atoms with van der Waals surface area (Å²) in [5.74, 6) is -0.462. The molecule has 2 atom stereocenters. The maximum absolute atomic E-state index is 14.0. The first-order valence-corrected chi connectivity index (χ1v) is 14.5. The number of piperazine rings is 1. The lowest BCUT2D eigenvalue weighted by Gasteiger charge is -2.45. The molecule has 2 amide bonds. The molecular formula is C32H41FN6O3. The average molecular weight is 577 g/mol. The largest absolute Gasteiger partial charge is 0.444 e. The van der Waals surface area contributed by atoms with Crippen molar-refractivity contribution < 1.29 is 18.7 Å². The second kappa shape index (κ2) is 11.5. The second-order valence-corrected chi connectivity index (χ2v) is 13.2. The Kier molecular flexibility index (Phi) is 8.11. The van der Waals surface area contributed by atoms with Crippen LogP contribution < -0.4 is 4.90 Å². The number of anilines is 1. The molecule has 0 unspecified atom stereocenters. The maximum Gasteiger partial charge on any atom is 0.410 e. The number of amides is 2. The van der Waals surface area contributed by atoms with Crippen LogP contribution in [0.4, 0.5) is 14.9 Å². The molecule has 4 heterocycles. The third-order valence-electron chi connectivity index (χ3n) is 7.88. The minimum absolute atomic E-state index is 0.0324. The number of carbonyl (C=O) groups excluding carboxylic acids is 2. The van der Waals surface area contributed by atoms with E-state index in [0.717, 1.165) is 29.6 Å². The average Bonchev–Trinajstić information content (AvgIpc) is 3.44. The van der Waals surface area contributed by atoms with Gasteiger partial charge in [-0.05, 0) is 51.3 Å². The molecule has 224 valence electrons. The smallest absolute Gasteiger partial charge is 0.410 e. The van der Waals surface area contributed by atoms with Gasteiger partial charge in [-0.25, -0.2) is 9.18 Å². The fourth-order valence-corrected chi connectivity index (χ4v) is 5.89. The molecule has 1 aromatic carbocycles. The number of ether oxygens (including phenoxy) is 1. The van der Waals surface area contributed by atoms with Gasteiger partial charge in [-0.15, -0.1) is 0 Å². The molecule has 0 saturated carbocycles. The van der Waals surface area contributed by atoms with Gasteiger partial charge in [0.05, 0.1) is 36.9 Å². The van der Waals surface area contributed by atoms with E-state index >= 15 is 0 Å². The topological polar surface area (TPSA) is 83.8 Å². The minimum atomic E-state index is -0.631. The van der Waals surface area contributed by atoms with Crippen LogP contribution in [0.25, 0.3) is 0 Å². The monoisotopic (exact) mass is 576 g/mol. The highest BCUT2D eigenvalue weighted by Crippen LogP contribution is 2.40. The van der Waals surface area contributed by atoms with E-state index in [1.807, 2.05) is 57.0 Å². The molecule has 0 bridgehead atoms. The van der Waals surface area contributed by atoms with Crippen LogP contribution in [-0.2, 0) is 27.9 Å². The van der Waals surface area contributed by atoms with Gasteiger partial charge in [-0.2, -0.15) is 5.10 Å². The van der Waals surface area contributed by atoms with Gasteiger partial charge < -0.3 is 14.5 Å². The lowest BCUT2D eigenvalue weighted by atomic mass is 9.91. The van der Waals surface area contributed by atoms with Crippen LogP contribution in [-0.4, -0.2) is 80.4 Å². The van der Waals surface area contributed by atoms with Crippen LogP contribution in [0.1, 0.15) is 58.4 Å². The fraction of sp³-hybridized carbons (Fsp3) is 0.500. The van der Waals surface area contributed by atoms with Crippen molar-refractivity contribution in [1.29, 1.82) is 0 Å². The van der Waals surface area contributed by atoms with Crippen molar-refractivity contribution in [2.75, 3.05) is 31.1 Å². The van der Waals surface area contributed by atoms with Crippen LogP contribution in [0.5, 0.6) is 0 Å². The molecular weight excluding hydrogens is 535 g/mol. The Hall–Kier alpha value is -3.79. The van der Waals surface area contributed by atoms with Gasteiger partial charge in [0, 0.05) is 43.3 Å². The summed E-state index contributed by atoms with van der Waals surface area (Å²) in [6.45, 7) is 13.5. The molecule has 42 heavy (non-hydrogen) atoms. The summed E-state index contributed by atoms with van der Waals surface area (Å²) in [6, 6.07) is 11.9. The molecule has 0 aliphatic carbocycles. The number of nitrogens with zero attached hydrogens (tertiary/aromatic N) is 6. The van der Waals surface area contributed by atoms with Gasteiger partial charge in [0.1, 0.15) is 5.60 Å². The number of hydrogen-bond acceptors (Lipinski definition) is 6. The lowest BCUT2D eigenvalue weighted by molar-refractivity contribution is -0.121. The van der Waals surface area contributed by atoms with Gasteiger partial charge in [0.25, 0.3) is 0 Å². The molecule has 0 N–H and O–H groups in total. The summed E-state index contributed by atoms with van der Waals surface area (Å²) in [6.07, 6.45) is 4.74. The zero-order chi connectivity index (χ0) is 30.2. The van der Waals surface area contributed by atoms with Gasteiger partial charge in [-0.1, -0.05) is 44.2 Å². The zero-order valence-electron chi connectivity index (χ0n) is 25.4. The molecule has 0 radical (unpaired) electrons. The third-order valence-corrected chi connectivity index (χ3v) is 7.88. The Labute approximate surface area is 247 Å². The van der Waals surface area contributed by atoms with E-state index in [0.29, 0.717) is 26.2 Å². The first-order valence-electron chi connectivity index (χ1n) is 14.5. The number of carbonyl (C=O) groups is 2. The molecule has 2 aliphatic rings. The van der Waals surface area contributed by atoms with E-state index in [4.69, 9.17) is 9.72 Å². The summed E-state index contributed by atoms with van der Waals surface area (Å²) in [5, 5.41) is 4.12. The highest BCUT2D eigenvalue weighted by molar-refractivity contribution is 5.97. The van der Waals surface area contributed by atoms with Crippen molar-refractivity contribution in [2.24, 2.45) is 0 Å². The molecule has 5 rings (SSSR count). The van der Waals surface area contributed by atoms with Gasteiger partial charge in [0.2, 0.25) is 5.91 Å². The van der Waals surface area contributed by atoms with Crippen molar-refractivity contribution in [1.82, 2.24) is 24.6 Å². The van der Waals surface area contributed by atoms with E-state index in [-0.39, 0.29) is 30.0 Å². The zero-order valence-corrected chi connectivity index (χ0v) is 25.4. The quantitative estimate of drug-likeness (QED) is 0.425. The SMILES string of the molecule is C[C@@H]1CN(CC(=O)N2CC(C)(C)c3ncc(Cc4ccccc4)cc32)[C@@H](Cn2cc(F)cn2)CN1C(=O)OC(C)(C)C. The molecule has 10 heteroatoms. The summed E-state index contributed by atoms with van der Waals surface area (Å²) >= 11 is 0. The predicted octanol–water partition coefficient (Wildman–Crippen LogP) is 4.64. The van der Waals surface area contributed by atoms with E-state index < -0.39 is 17.5 Å². The molecule has 0 spiro atoms. The fourth-order valence-electron chi connectivity index (χ4n) is 5.89. The molecule has 2 aromatic heterocycles. The first kappa shape index (κ1) is 29.7. The molecule has 1 saturated heterocycles. The Balaban J connectivity index is 1.37. The Morgan fingerprint density at radius 3 is 2.50 bits per heavy atom. The van der Waals surface area contributed by atoms with Gasteiger partial charge >= 0.3 is 6.09 Å². The van der Waals surface area contributed by atoms with Crippen LogP contribution in [0, 0.1) is 5.82 Å². The number of aromatic nitrogens is 3. The van der Waals surface area contributed by atoms with Gasteiger partial charge in [0.15, 0.2) is 5.82 Å². The number of pyridine rings is 1. The van der Waals surface area contributed by atoms with Crippen molar-refractivity contribution in [3.63, 3.8) is 0 Å². The van der Waals surface area contributed by atoms with Gasteiger partial charge in [-0.3, -0.25) is 19.4 Å². The first-order chi connectivity index (χ1) is 19.8. The van der Waals surface area contributed by atoms with Crippen LogP contribution in [0.2, 0.25) is 0 Å². The van der Waals surface area contributed by atoms with Crippen molar-refractivity contribution in [3.05, 3.63) is 77.6 Å². The molecule has 1 fully saturated rings. The highest BCUT2D eigenvalue weighted by atomic mass is 19.1. The Morgan fingerprint density at radius 1 is 1.10 bits per heavy atom. The number of fused-ring (bicyclic) bond motifs is 1. The van der Waals surface area contributed by atoms with Crippen molar-refractivity contribution >= 4 is 17.7 Å². The predicted molar refractivity (Wildman–Crippen MR) is 159 cm³/mol. The number of hydrogen-bond donors (Lipinski definition) is 0. The molecule has 2 aliphatic heterocycles. The Bertz CT molecular complexity index is 1430. The number of rotatable bonds is 6. The molecule has 9 nitrogen and oxygen atoms in total. The highest BCUT2D eigenvalue weighted by Gasteiger charge is 2.42. The number of benzene rings is 1. The van der Waals surface area contributed by atoms with E-state index in [1.165, 1.54) is 16.4 Å². The van der Waals surface area contributed by atoms with E-state index in [9.17, 15) is 14.0 Å². The van der Waals surface area contributed by atoms with E-state index in [1.54, 1.807) is 4.90 Å². The number of halogens is 1. The summed E-state index contributed by atoms with van der Waals surface area (Å²) in [5.41, 5.74) is 3.08. The summed E-state index contributed by atoms with van der Waals surface area (Å²) in [4.78, 5) is 37.5. The van der Waals surface area contributed by atoms with Crippen LogP contribution in [0.15, 0.2) is 55.0 Å². The molecule has 3 aromatic rings. The van der Waals surface area contributed by atoms with Crippen LogP contribution >= 0.6 is 0 Å². The summed E-state index contributed by atoms with van der Waals surface area (Å²) < 4.78 is 21.0. The summed E-state index contributed by atoms with van der Waals surface area (Å²) in [7, 11) is 0. The second-order valence-electron chi connectivity index (χ2n) is 13.2. The maximum atomic E-state index is 14.0. The van der Waals surface area contributed by atoms with E-state index in [2.05, 4.69) is 42.0 Å². The minimum Gasteiger partial charge on any atom is -0.444 e. The normalized spacial score (nSPS) is 20.5. The van der Waals surface area contributed by atoms with Crippen molar-refractivity contribution in [2.45, 2.75) is 77.6 Å². The third kappa shape index (κ3) is 6.64. The Morgan fingerprint density at radius 2 is 1.83 bits per heavy atom.